The summed E-state index contributed by atoms with van der Waals surface area (Å²) in [5.74, 6) is -0.484. The predicted octanol–water partition coefficient (Wildman–Crippen LogP) is 1.40. The summed E-state index contributed by atoms with van der Waals surface area (Å²) in [5, 5.41) is 8.82. The first-order valence-electron chi connectivity index (χ1n) is 4.96. The molecule has 0 fully saturated rings. The van der Waals surface area contributed by atoms with Gasteiger partial charge in [-0.1, -0.05) is 6.92 Å². The maximum atomic E-state index is 10.7. The zero-order valence-electron chi connectivity index (χ0n) is 9.85. The molecule has 0 aliphatic carbocycles. The monoisotopic (exact) mass is 303 g/mol. The summed E-state index contributed by atoms with van der Waals surface area (Å²) < 4.78 is 5.70. The molecule has 0 saturated carbocycles. The smallest absolute Gasteiger partial charge is 0.308 e. The van der Waals surface area contributed by atoms with Crippen molar-refractivity contribution in [2.75, 3.05) is 25.6 Å². The zero-order chi connectivity index (χ0) is 13.0. The van der Waals surface area contributed by atoms with E-state index in [4.69, 9.17) is 9.84 Å². The first-order valence-corrected chi connectivity index (χ1v) is 5.75. The molecule has 17 heavy (non-hydrogen) atoms. The van der Waals surface area contributed by atoms with Crippen LogP contribution in [0.5, 0.6) is 5.88 Å². The normalized spacial score (nSPS) is 12.0. The molecule has 6 nitrogen and oxygen atoms in total. The van der Waals surface area contributed by atoms with Crippen LogP contribution < -0.4 is 9.64 Å². The lowest BCUT2D eigenvalue weighted by Gasteiger charge is -2.19. The number of nitrogens with zero attached hydrogens (tertiary/aromatic N) is 3. The first-order chi connectivity index (χ1) is 7.95. The minimum atomic E-state index is -0.846. The second-order valence-electron chi connectivity index (χ2n) is 3.65. The third kappa shape index (κ3) is 3.55. The van der Waals surface area contributed by atoms with Crippen molar-refractivity contribution in [3.8, 4) is 5.88 Å². The third-order valence-corrected chi connectivity index (χ3v) is 2.75. The van der Waals surface area contributed by atoms with Crippen LogP contribution >= 0.6 is 15.9 Å². The molecule has 1 aromatic heterocycles. The molecule has 1 heterocycles. The molecule has 0 amide bonds. The van der Waals surface area contributed by atoms with E-state index in [-0.39, 0.29) is 0 Å². The highest BCUT2D eigenvalue weighted by atomic mass is 79.9. The molecule has 0 bridgehead atoms. The van der Waals surface area contributed by atoms with Gasteiger partial charge in [-0.25, -0.2) is 4.98 Å². The molecule has 1 N–H and O–H groups in total. The minimum Gasteiger partial charge on any atom is -0.481 e. The molecule has 0 aromatic carbocycles. The second-order valence-corrected chi connectivity index (χ2v) is 4.50. The summed E-state index contributed by atoms with van der Waals surface area (Å²) in [5.41, 5.74) is 0. The van der Waals surface area contributed by atoms with Crippen molar-refractivity contribution in [2.24, 2.45) is 5.92 Å². The number of ether oxygens (including phenoxy) is 1. The quantitative estimate of drug-likeness (QED) is 0.886. The van der Waals surface area contributed by atoms with E-state index in [0.29, 0.717) is 22.8 Å². The van der Waals surface area contributed by atoms with Gasteiger partial charge >= 0.3 is 5.97 Å². The molecule has 1 aromatic rings. The van der Waals surface area contributed by atoms with Gasteiger partial charge in [0, 0.05) is 13.6 Å². The van der Waals surface area contributed by atoms with Crippen LogP contribution in [0.1, 0.15) is 6.92 Å². The average molecular weight is 304 g/mol. The summed E-state index contributed by atoms with van der Waals surface area (Å²) in [6.07, 6.45) is 1.57. The lowest BCUT2D eigenvalue weighted by Crippen LogP contribution is -2.29. The van der Waals surface area contributed by atoms with Crippen molar-refractivity contribution >= 4 is 27.8 Å². The predicted molar refractivity (Wildman–Crippen MR) is 66.4 cm³/mol. The molecule has 0 aliphatic heterocycles. The van der Waals surface area contributed by atoms with Gasteiger partial charge in [0.05, 0.1) is 23.7 Å². The summed E-state index contributed by atoms with van der Waals surface area (Å²) in [4.78, 5) is 20.7. The average Bonchev–Trinajstić information content (AvgIpc) is 2.29. The van der Waals surface area contributed by atoms with Gasteiger partial charge in [0.25, 0.3) is 0 Å². The molecule has 0 spiro atoms. The SMILES string of the molecule is COc1nc(N(C)CC(C)C(=O)O)ncc1Br. The maximum absolute atomic E-state index is 10.7. The highest BCUT2D eigenvalue weighted by Crippen LogP contribution is 2.23. The van der Waals surface area contributed by atoms with Crippen LogP contribution in [0.4, 0.5) is 5.95 Å². The van der Waals surface area contributed by atoms with Crippen molar-refractivity contribution < 1.29 is 14.6 Å². The van der Waals surface area contributed by atoms with Crippen LogP contribution in [-0.4, -0.2) is 41.7 Å². The Morgan fingerprint density at radius 1 is 1.71 bits per heavy atom. The fourth-order valence-electron chi connectivity index (χ4n) is 1.24. The summed E-state index contributed by atoms with van der Waals surface area (Å²) in [6.45, 7) is 1.97. The van der Waals surface area contributed by atoms with E-state index in [1.807, 2.05) is 0 Å². The first kappa shape index (κ1) is 13.7. The molecule has 0 radical (unpaired) electrons. The Balaban J connectivity index is 2.82. The minimum absolute atomic E-state index is 0.333. The molecule has 7 heteroatoms. The molecule has 1 rings (SSSR count). The number of anilines is 1. The van der Waals surface area contributed by atoms with Gasteiger partial charge in [-0.3, -0.25) is 4.79 Å². The Labute approximate surface area is 108 Å². The van der Waals surface area contributed by atoms with Gasteiger partial charge < -0.3 is 14.7 Å². The number of hydrogen-bond donors (Lipinski definition) is 1. The van der Waals surface area contributed by atoms with Gasteiger partial charge in [0.1, 0.15) is 0 Å². The topological polar surface area (TPSA) is 75.5 Å². The number of carboxylic acid groups (broad SMARTS) is 1. The van der Waals surface area contributed by atoms with Gasteiger partial charge in [0.2, 0.25) is 11.8 Å². The number of carboxylic acids is 1. The van der Waals surface area contributed by atoms with E-state index in [1.165, 1.54) is 7.11 Å². The number of methoxy groups -OCH3 is 1. The van der Waals surface area contributed by atoms with Gasteiger partial charge in [0.15, 0.2) is 0 Å². The Hall–Kier alpha value is -1.37. The van der Waals surface area contributed by atoms with E-state index in [0.717, 1.165) is 0 Å². The highest BCUT2D eigenvalue weighted by molar-refractivity contribution is 9.10. The number of aliphatic carboxylic acids is 1. The fraction of sp³-hybridized carbons (Fsp3) is 0.500. The largest absolute Gasteiger partial charge is 0.481 e. The Kier molecular flexibility index (Phi) is 4.68. The van der Waals surface area contributed by atoms with Crippen LogP contribution in [-0.2, 0) is 4.79 Å². The van der Waals surface area contributed by atoms with Gasteiger partial charge in [-0.05, 0) is 15.9 Å². The molecule has 94 valence electrons. The van der Waals surface area contributed by atoms with E-state index >= 15 is 0 Å². The van der Waals surface area contributed by atoms with E-state index in [9.17, 15) is 4.79 Å². The lowest BCUT2D eigenvalue weighted by molar-refractivity contribution is -0.140. The summed E-state index contributed by atoms with van der Waals surface area (Å²) in [6, 6.07) is 0. The second kappa shape index (κ2) is 5.81. The van der Waals surface area contributed by atoms with Crippen LogP contribution in [0.25, 0.3) is 0 Å². The number of halogens is 1. The Bertz CT molecular complexity index is 414. The third-order valence-electron chi connectivity index (χ3n) is 2.20. The maximum Gasteiger partial charge on any atom is 0.308 e. The van der Waals surface area contributed by atoms with Crippen molar-refractivity contribution in [1.29, 1.82) is 0 Å². The van der Waals surface area contributed by atoms with Crippen molar-refractivity contribution in [3.63, 3.8) is 0 Å². The van der Waals surface area contributed by atoms with Crippen LogP contribution in [0, 0.1) is 5.92 Å². The highest BCUT2D eigenvalue weighted by Gasteiger charge is 2.16. The molecule has 0 saturated heterocycles. The van der Waals surface area contributed by atoms with Crippen LogP contribution in [0.15, 0.2) is 10.7 Å². The van der Waals surface area contributed by atoms with E-state index < -0.39 is 11.9 Å². The zero-order valence-corrected chi connectivity index (χ0v) is 11.4. The van der Waals surface area contributed by atoms with Gasteiger partial charge in [-0.15, -0.1) is 0 Å². The standard InChI is InChI=1S/C10H14BrN3O3/c1-6(9(15)16)5-14(2)10-12-4-7(11)8(13-10)17-3/h4,6H,5H2,1-3H3,(H,15,16). The van der Waals surface area contributed by atoms with Crippen molar-refractivity contribution in [3.05, 3.63) is 10.7 Å². The molecular formula is C10H14BrN3O3. The Morgan fingerprint density at radius 3 is 2.88 bits per heavy atom. The lowest BCUT2D eigenvalue weighted by atomic mass is 10.2. The van der Waals surface area contributed by atoms with Crippen molar-refractivity contribution in [1.82, 2.24) is 9.97 Å². The Morgan fingerprint density at radius 2 is 2.35 bits per heavy atom. The summed E-state index contributed by atoms with van der Waals surface area (Å²) >= 11 is 3.25. The van der Waals surface area contributed by atoms with Gasteiger partial charge in [-0.2, -0.15) is 4.98 Å². The number of carbonyl (C=O) groups is 1. The van der Waals surface area contributed by atoms with Crippen LogP contribution in [0.2, 0.25) is 0 Å². The van der Waals surface area contributed by atoms with E-state index in [1.54, 1.807) is 25.1 Å². The number of hydrogen-bond acceptors (Lipinski definition) is 5. The van der Waals surface area contributed by atoms with Crippen LogP contribution in [0.3, 0.4) is 0 Å². The number of rotatable bonds is 5. The molecule has 1 atom stereocenters. The fourth-order valence-corrected chi connectivity index (χ4v) is 1.59. The van der Waals surface area contributed by atoms with E-state index in [2.05, 4.69) is 25.9 Å². The van der Waals surface area contributed by atoms with Crippen molar-refractivity contribution in [2.45, 2.75) is 6.92 Å². The molecule has 0 aliphatic rings. The molecular weight excluding hydrogens is 290 g/mol. The number of aromatic nitrogens is 2. The molecule has 1 unspecified atom stereocenters. The summed E-state index contributed by atoms with van der Waals surface area (Å²) in [7, 11) is 3.25.